The van der Waals surface area contributed by atoms with E-state index >= 15 is 0 Å². The Morgan fingerprint density at radius 3 is 2.61 bits per heavy atom. The molecule has 0 atom stereocenters. The summed E-state index contributed by atoms with van der Waals surface area (Å²) in [6.07, 6.45) is 1.34. The Balaban J connectivity index is 1.59. The second kappa shape index (κ2) is 9.56. The standard InChI is InChI=1S/C18H20Cl2N2O/c19-16-6-3-4-14(12-16)8-10-21-11-9-18(23)22-13-15-5-1-2-7-17(15)20/h1-7,12,21H,8-11,13H2,(H,22,23). The van der Waals surface area contributed by atoms with Crippen LogP contribution in [0, 0.1) is 0 Å². The molecule has 2 rings (SSSR count). The van der Waals surface area contributed by atoms with Crippen molar-refractivity contribution in [2.24, 2.45) is 0 Å². The maximum atomic E-state index is 11.8. The number of nitrogens with one attached hydrogen (secondary N) is 2. The molecular formula is C18H20Cl2N2O. The number of rotatable bonds is 8. The topological polar surface area (TPSA) is 41.1 Å². The van der Waals surface area contributed by atoms with E-state index in [0.717, 1.165) is 23.6 Å². The van der Waals surface area contributed by atoms with E-state index < -0.39 is 0 Å². The lowest BCUT2D eigenvalue weighted by Gasteiger charge is -2.08. The minimum Gasteiger partial charge on any atom is -0.352 e. The molecular weight excluding hydrogens is 331 g/mol. The van der Waals surface area contributed by atoms with Crippen LogP contribution in [0.2, 0.25) is 10.0 Å². The van der Waals surface area contributed by atoms with Crippen LogP contribution in [0.15, 0.2) is 48.5 Å². The zero-order valence-corrected chi connectivity index (χ0v) is 14.3. The number of hydrogen-bond acceptors (Lipinski definition) is 2. The number of carbonyl (C=O) groups is 1. The summed E-state index contributed by atoms with van der Waals surface area (Å²) in [5.41, 5.74) is 2.12. The van der Waals surface area contributed by atoms with Crippen molar-refractivity contribution >= 4 is 29.1 Å². The van der Waals surface area contributed by atoms with Gasteiger partial charge in [0.15, 0.2) is 0 Å². The van der Waals surface area contributed by atoms with Gasteiger partial charge in [0.1, 0.15) is 0 Å². The molecule has 0 aliphatic carbocycles. The molecule has 3 nitrogen and oxygen atoms in total. The number of hydrogen-bond donors (Lipinski definition) is 2. The molecule has 0 bridgehead atoms. The largest absolute Gasteiger partial charge is 0.352 e. The van der Waals surface area contributed by atoms with Gasteiger partial charge in [0, 0.05) is 29.6 Å². The van der Waals surface area contributed by atoms with Crippen LogP contribution in [0.1, 0.15) is 17.5 Å². The molecule has 0 heterocycles. The molecule has 0 spiro atoms. The van der Waals surface area contributed by atoms with Crippen LogP contribution in [-0.2, 0) is 17.8 Å². The fraction of sp³-hybridized carbons (Fsp3) is 0.278. The fourth-order valence-corrected chi connectivity index (χ4v) is 2.59. The zero-order valence-electron chi connectivity index (χ0n) is 12.8. The van der Waals surface area contributed by atoms with Gasteiger partial charge in [0.25, 0.3) is 0 Å². The predicted octanol–water partition coefficient (Wildman–Crippen LogP) is 3.83. The summed E-state index contributed by atoms with van der Waals surface area (Å²) >= 11 is 12.0. The van der Waals surface area contributed by atoms with Crippen molar-refractivity contribution in [1.82, 2.24) is 10.6 Å². The summed E-state index contributed by atoms with van der Waals surface area (Å²) in [7, 11) is 0. The lowest BCUT2D eigenvalue weighted by atomic mass is 10.1. The van der Waals surface area contributed by atoms with Gasteiger partial charge in [-0.1, -0.05) is 53.5 Å². The molecule has 0 saturated heterocycles. The van der Waals surface area contributed by atoms with Crippen molar-refractivity contribution in [3.8, 4) is 0 Å². The van der Waals surface area contributed by atoms with Crippen molar-refractivity contribution in [2.45, 2.75) is 19.4 Å². The van der Waals surface area contributed by atoms with E-state index in [0.29, 0.717) is 24.5 Å². The van der Waals surface area contributed by atoms with E-state index in [1.54, 1.807) is 0 Å². The number of carbonyl (C=O) groups excluding carboxylic acids is 1. The second-order valence-corrected chi connectivity index (χ2v) is 6.09. The van der Waals surface area contributed by atoms with Crippen LogP contribution in [-0.4, -0.2) is 19.0 Å². The van der Waals surface area contributed by atoms with Gasteiger partial charge in [-0.3, -0.25) is 4.79 Å². The molecule has 2 N–H and O–H groups in total. The Hall–Kier alpha value is -1.55. The SMILES string of the molecule is O=C(CCNCCc1cccc(Cl)c1)NCc1ccccc1Cl. The lowest BCUT2D eigenvalue weighted by molar-refractivity contribution is -0.121. The highest BCUT2D eigenvalue weighted by Gasteiger charge is 2.03. The molecule has 1 amide bonds. The molecule has 5 heteroatoms. The molecule has 0 saturated carbocycles. The van der Waals surface area contributed by atoms with E-state index in [1.807, 2.05) is 48.5 Å². The molecule has 0 aliphatic heterocycles. The Morgan fingerprint density at radius 1 is 1.00 bits per heavy atom. The highest BCUT2D eigenvalue weighted by Crippen LogP contribution is 2.14. The zero-order chi connectivity index (χ0) is 16.5. The first-order valence-electron chi connectivity index (χ1n) is 7.60. The van der Waals surface area contributed by atoms with E-state index in [1.165, 1.54) is 5.56 Å². The average molecular weight is 351 g/mol. The van der Waals surface area contributed by atoms with Gasteiger partial charge in [-0.15, -0.1) is 0 Å². The summed E-state index contributed by atoms with van der Waals surface area (Å²) < 4.78 is 0. The van der Waals surface area contributed by atoms with Gasteiger partial charge in [0.2, 0.25) is 5.91 Å². The highest BCUT2D eigenvalue weighted by molar-refractivity contribution is 6.31. The predicted molar refractivity (Wildman–Crippen MR) is 95.9 cm³/mol. The number of amides is 1. The highest BCUT2D eigenvalue weighted by atomic mass is 35.5. The molecule has 0 fully saturated rings. The van der Waals surface area contributed by atoms with Crippen LogP contribution >= 0.6 is 23.2 Å². The molecule has 0 unspecified atom stereocenters. The molecule has 0 radical (unpaired) electrons. The maximum absolute atomic E-state index is 11.8. The summed E-state index contributed by atoms with van der Waals surface area (Å²) in [5.74, 6) is 0.0141. The van der Waals surface area contributed by atoms with Gasteiger partial charge in [-0.2, -0.15) is 0 Å². The third kappa shape index (κ3) is 6.61. The third-order valence-electron chi connectivity index (χ3n) is 3.44. The van der Waals surface area contributed by atoms with Crippen molar-refractivity contribution in [3.05, 3.63) is 69.7 Å². The third-order valence-corrected chi connectivity index (χ3v) is 4.05. The number of benzene rings is 2. The minimum absolute atomic E-state index is 0.0141. The monoisotopic (exact) mass is 350 g/mol. The van der Waals surface area contributed by atoms with E-state index in [4.69, 9.17) is 23.2 Å². The molecule has 23 heavy (non-hydrogen) atoms. The Labute approximate surface area is 147 Å². The smallest absolute Gasteiger partial charge is 0.221 e. The van der Waals surface area contributed by atoms with Crippen molar-refractivity contribution in [3.63, 3.8) is 0 Å². The summed E-state index contributed by atoms with van der Waals surface area (Å²) in [5, 5.41) is 7.56. The maximum Gasteiger partial charge on any atom is 0.221 e. The molecule has 0 aromatic heterocycles. The van der Waals surface area contributed by atoms with E-state index in [-0.39, 0.29) is 5.91 Å². The first kappa shape index (κ1) is 17.8. The first-order chi connectivity index (χ1) is 11.1. The van der Waals surface area contributed by atoms with Crippen LogP contribution in [0.25, 0.3) is 0 Å². The van der Waals surface area contributed by atoms with Crippen LogP contribution < -0.4 is 10.6 Å². The number of halogens is 2. The second-order valence-electron chi connectivity index (χ2n) is 5.25. The van der Waals surface area contributed by atoms with Gasteiger partial charge in [-0.05, 0) is 42.3 Å². The van der Waals surface area contributed by atoms with Crippen molar-refractivity contribution < 1.29 is 4.79 Å². The summed E-state index contributed by atoms with van der Waals surface area (Å²) in [6.45, 7) is 1.92. The minimum atomic E-state index is 0.0141. The van der Waals surface area contributed by atoms with Crippen LogP contribution in [0.3, 0.4) is 0 Å². The Bertz CT molecular complexity index is 646. The Morgan fingerprint density at radius 2 is 1.83 bits per heavy atom. The first-order valence-corrected chi connectivity index (χ1v) is 8.36. The van der Waals surface area contributed by atoms with Crippen molar-refractivity contribution in [2.75, 3.05) is 13.1 Å². The van der Waals surface area contributed by atoms with Crippen molar-refractivity contribution in [1.29, 1.82) is 0 Å². The van der Waals surface area contributed by atoms with Gasteiger partial charge in [0.05, 0.1) is 0 Å². The van der Waals surface area contributed by atoms with Gasteiger partial charge in [-0.25, -0.2) is 0 Å². The van der Waals surface area contributed by atoms with E-state index in [9.17, 15) is 4.79 Å². The summed E-state index contributed by atoms with van der Waals surface area (Å²) in [6, 6.07) is 15.3. The van der Waals surface area contributed by atoms with Crippen LogP contribution in [0.5, 0.6) is 0 Å². The molecule has 0 aliphatic rings. The normalized spacial score (nSPS) is 10.5. The van der Waals surface area contributed by atoms with Gasteiger partial charge < -0.3 is 10.6 Å². The molecule has 2 aromatic rings. The van der Waals surface area contributed by atoms with E-state index in [2.05, 4.69) is 10.6 Å². The molecule has 2 aromatic carbocycles. The molecule has 122 valence electrons. The quantitative estimate of drug-likeness (QED) is 0.710. The van der Waals surface area contributed by atoms with Gasteiger partial charge >= 0.3 is 0 Å². The Kier molecular flexibility index (Phi) is 7.40. The summed E-state index contributed by atoms with van der Waals surface area (Å²) in [4.78, 5) is 11.8. The average Bonchev–Trinajstić information content (AvgIpc) is 2.54. The lowest BCUT2D eigenvalue weighted by Crippen LogP contribution is -2.28. The fourth-order valence-electron chi connectivity index (χ4n) is 2.18. The van der Waals surface area contributed by atoms with Crippen LogP contribution in [0.4, 0.5) is 0 Å².